The Hall–Kier alpha value is -19.8. The Kier molecular flexibility index (Phi) is 12.3. The Morgan fingerprint density at radius 3 is 1.10 bits per heavy atom. The first kappa shape index (κ1) is 51.8. The third-order valence-corrected chi connectivity index (χ3v) is 24.9. The van der Waals surface area contributed by atoms with Gasteiger partial charge in [-0.3, -0.25) is 0 Å². The molecule has 0 radical (unpaired) electrons. The molecule has 0 aliphatic carbocycles. The maximum atomic E-state index is 9.94. The molecule has 145 heavy (non-hydrogen) atoms. The molecular weight excluding hydrogens is 1780 g/mol. The molecule has 15 heteroatoms. The van der Waals surface area contributed by atoms with Crippen LogP contribution in [0.4, 0.5) is 0 Å². The van der Waals surface area contributed by atoms with Crippen molar-refractivity contribution in [2.45, 2.75) is 6.92 Å². The largest absolute Gasteiger partial charge is 0.455 e. The summed E-state index contributed by atoms with van der Waals surface area (Å²) < 4.78 is 390. The molecule has 30 aromatic rings. The molecule has 0 unspecified atom stereocenters. The second-order valence-corrected chi connectivity index (χ2v) is 33.4. The van der Waals surface area contributed by atoms with E-state index >= 15 is 0 Å². The minimum atomic E-state index is -0.995. The SMILES string of the molecule is [2H]c1c([2H])c([2H])c(-c2nc(-c3c([2H])c([2H])c([2H])c([2H])c3[2H])nc(-c3c([2H])c([2H])c(-n4c5c([2H])c([2H])c([2H])c([2H])c5c5c([2H])c6c([2H])c([2H])c(C)c([2H])c6c([2H])c54)c4c3oc3c([2H])c([2H])c([2H])c([2H])c34)n2)c([2H])c1[2H].[2H]c1c([2H])c([2H])c2c([2H])c3c(c([2H])c2c1[2H])c1c([2H])c([2H])c([2H])c([2H])c1n3-c1ccc(-c2nc(-c3ccccc3)nc(-c3ccccc3)n2)c2oc3ccccc3c12.[2H]c1c([2H])c([2H])c2c(oc3c(-c4nc(-c5ccccc5)nc(-c5ccccc5)n4)c([2H])c([2H])c(-n4c5ccccc5c5cc6ccccc6cc54)c32)c1[2H]. The zero-order chi connectivity index (χ0) is 131. The van der Waals surface area contributed by atoms with Gasteiger partial charge in [-0.25, -0.2) is 44.9 Å². The van der Waals surface area contributed by atoms with Crippen molar-refractivity contribution in [3.8, 4) is 120 Å². The van der Waals surface area contributed by atoms with Crippen LogP contribution >= 0.6 is 0 Å². The van der Waals surface area contributed by atoms with Crippen molar-refractivity contribution < 1.29 is 69.5 Å². The maximum absolute atomic E-state index is 9.94. The smallest absolute Gasteiger partial charge is 0.167 e. The van der Waals surface area contributed by atoms with Crippen LogP contribution in [0.2, 0.25) is 0 Å². The van der Waals surface area contributed by atoms with Gasteiger partial charge in [0, 0.05) is 81.9 Å². The number of fused-ring (bicyclic) bond motifs is 21. The molecule has 9 heterocycles. The molecule has 0 bridgehead atoms. The van der Waals surface area contributed by atoms with Crippen molar-refractivity contribution >= 4 is 164 Å². The number of para-hydroxylation sites is 6. The van der Waals surface area contributed by atoms with Gasteiger partial charge in [-0.1, -0.05) is 363 Å². The fraction of sp³-hybridized carbons (Fsp3) is 0.00769. The molecule has 21 aromatic carbocycles. The third-order valence-electron chi connectivity index (χ3n) is 24.9. The Balaban J connectivity index is 0.000000128. The number of hydrogen-bond donors (Lipinski definition) is 0. The molecule has 0 N–H and O–H groups in total. The standard InChI is InChI=1S/C44H28N4O.2C43H26N4O/c1-27-20-21-30-25-35-32-16-8-10-18-36(32)48(38(35)26-31(30)24-27)37-23-22-34(41-40(37)33-17-9-11-19-39(33)49-41)44-46-42(28-12-4-2-5-13-28)45-43(47-44)29-14-6-3-7-15-29;2*1-3-13-27(14-4-1)41-44-42(28-15-5-2-6-16-28)46-43(45-41)33-23-24-36(39-32-20-10-12-22-38(32)48-40(33)39)47-35-21-11-9-19-31(35)34-25-29-17-7-8-18-30(29)26-37(34)47/h2-26H,1H3;2*1-26H/i2D,3D,4D,5D,6D,7D,8D,9D,10D,11D,12D,13D,14D,15D,16D,17D,18D,19D,20D,21D,22D,23D,24D,25D,26D;7D,8D,9D,11D,17D,18D,19D,21D,25D,26D;10D,12D,20D,22D,23D,24D. The molecule has 678 valence electrons. The molecule has 0 spiro atoms. The van der Waals surface area contributed by atoms with Gasteiger partial charge in [0.1, 0.15) is 33.5 Å². The topological polar surface area (TPSA) is 170 Å². The van der Waals surface area contributed by atoms with Crippen LogP contribution in [0.15, 0.2) is 479 Å². The van der Waals surface area contributed by atoms with E-state index < -0.39 is 307 Å². The second kappa shape index (κ2) is 34.4. The van der Waals surface area contributed by atoms with Gasteiger partial charge in [0.05, 0.1) is 139 Å². The summed E-state index contributed by atoms with van der Waals surface area (Å²) in [5.74, 6) is -0.505. The van der Waals surface area contributed by atoms with E-state index in [-0.39, 0.29) is 113 Å². The first-order valence-electron chi connectivity index (χ1n) is 65.7. The van der Waals surface area contributed by atoms with Crippen LogP contribution in [0, 0.1) is 6.92 Å². The van der Waals surface area contributed by atoms with Crippen LogP contribution in [0.5, 0.6) is 0 Å². The summed E-state index contributed by atoms with van der Waals surface area (Å²) in [6.07, 6.45) is 0. The zero-order valence-corrected chi connectivity index (χ0v) is 74.9. The number of furan rings is 3. The molecule has 0 aliphatic rings. The first-order valence-corrected chi connectivity index (χ1v) is 45.2. The Morgan fingerprint density at radius 2 is 0.572 bits per heavy atom. The average molecular weight is 1900 g/mol. The van der Waals surface area contributed by atoms with E-state index in [9.17, 15) is 15.1 Å². The van der Waals surface area contributed by atoms with Gasteiger partial charge >= 0.3 is 0 Å². The molecule has 9 aromatic heterocycles. The minimum absolute atomic E-state index is 0.0262. The lowest BCUT2D eigenvalue weighted by atomic mass is 10.0. The molecule has 0 fully saturated rings. The quantitative estimate of drug-likeness (QED) is 0.114. The summed E-state index contributed by atoms with van der Waals surface area (Å²) >= 11 is 0. The van der Waals surface area contributed by atoms with Crippen molar-refractivity contribution in [3.63, 3.8) is 0 Å². The van der Waals surface area contributed by atoms with Crippen LogP contribution in [0.3, 0.4) is 0 Å². The number of hydrogen-bond acceptors (Lipinski definition) is 12. The van der Waals surface area contributed by atoms with Gasteiger partial charge in [-0.05, 0) is 148 Å². The van der Waals surface area contributed by atoms with Crippen LogP contribution in [0.25, 0.3) is 283 Å². The molecule has 30 rings (SSSR count). The second-order valence-electron chi connectivity index (χ2n) is 33.4. The van der Waals surface area contributed by atoms with Crippen molar-refractivity contribution in [2.24, 2.45) is 0 Å². The molecule has 0 aliphatic heterocycles. The number of aromatic nitrogens is 12. The molecule has 0 atom stereocenters. The number of benzene rings is 21. The lowest BCUT2D eigenvalue weighted by Crippen LogP contribution is -2.01. The lowest BCUT2D eigenvalue weighted by Gasteiger charge is -2.13. The summed E-state index contributed by atoms with van der Waals surface area (Å²) in [5, 5.41) is 2.09. The highest BCUT2D eigenvalue weighted by atomic mass is 16.3. The predicted octanol–water partition coefficient (Wildman–Crippen LogP) is 33.4. The summed E-state index contributed by atoms with van der Waals surface area (Å²) in [5.41, 5.74) is 1.14. The van der Waals surface area contributed by atoms with Gasteiger partial charge in [0.15, 0.2) is 52.4 Å². The van der Waals surface area contributed by atoms with Crippen LogP contribution in [-0.4, -0.2) is 58.6 Å². The van der Waals surface area contributed by atoms with Crippen LogP contribution in [0.1, 0.15) is 61.8 Å². The highest BCUT2D eigenvalue weighted by Crippen LogP contribution is 2.49. The van der Waals surface area contributed by atoms with Gasteiger partial charge in [0.25, 0.3) is 0 Å². The Bertz CT molecular complexity index is 12900. The van der Waals surface area contributed by atoms with E-state index in [0.717, 1.165) is 48.3 Å². The normalized spacial score (nSPS) is 15.7. The monoisotopic (exact) mass is 1900 g/mol. The zero-order valence-electron chi connectivity index (χ0n) is 116. The van der Waals surface area contributed by atoms with E-state index in [0.29, 0.717) is 73.4 Å². The fourth-order valence-electron chi connectivity index (χ4n) is 18.5. The van der Waals surface area contributed by atoms with Gasteiger partial charge in [0.2, 0.25) is 0 Å². The van der Waals surface area contributed by atoms with E-state index in [1.807, 2.05) is 193 Å². The van der Waals surface area contributed by atoms with Crippen molar-refractivity contribution in [3.05, 3.63) is 472 Å². The average Bonchev–Trinajstić information content (AvgIpc) is 1.50. The predicted molar refractivity (Wildman–Crippen MR) is 591 cm³/mol. The molecular formula is C130H80N12O3. The molecule has 0 saturated carbocycles. The molecule has 15 nitrogen and oxygen atoms in total. The maximum Gasteiger partial charge on any atom is 0.167 e. The lowest BCUT2D eigenvalue weighted by molar-refractivity contribution is 0.669. The van der Waals surface area contributed by atoms with E-state index in [1.54, 1.807) is 18.2 Å². The van der Waals surface area contributed by atoms with Crippen molar-refractivity contribution in [1.82, 2.24) is 58.6 Å². The van der Waals surface area contributed by atoms with E-state index in [4.69, 9.17) is 84.3 Å². The molecule has 0 amide bonds. The Labute approximate surface area is 886 Å². The van der Waals surface area contributed by atoms with E-state index in [1.165, 1.54) is 11.5 Å². The summed E-state index contributed by atoms with van der Waals surface area (Å²) in [6, 6.07) is 41.4. The van der Waals surface area contributed by atoms with Crippen LogP contribution in [-0.2, 0) is 0 Å². The fourth-order valence-corrected chi connectivity index (χ4v) is 18.5. The highest BCUT2D eigenvalue weighted by Gasteiger charge is 2.30. The van der Waals surface area contributed by atoms with Gasteiger partial charge < -0.3 is 27.0 Å². The Morgan fingerprint density at radius 1 is 0.200 bits per heavy atom. The highest BCUT2D eigenvalue weighted by molar-refractivity contribution is 6.23. The van der Waals surface area contributed by atoms with Gasteiger partial charge in [-0.15, -0.1) is 0 Å². The van der Waals surface area contributed by atoms with E-state index in [2.05, 4.69) is 27.1 Å². The van der Waals surface area contributed by atoms with Crippen molar-refractivity contribution in [1.29, 1.82) is 0 Å². The molecule has 0 saturated heterocycles. The van der Waals surface area contributed by atoms with Crippen molar-refractivity contribution in [2.75, 3.05) is 0 Å². The first-order chi connectivity index (χ1) is 88.9. The van der Waals surface area contributed by atoms with Gasteiger partial charge in [-0.2, -0.15) is 0 Å². The number of nitrogens with zero attached hydrogens (tertiary/aromatic N) is 12. The third kappa shape index (κ3) is 14.3. The summed E-state index contributed by atoms with van der Waals surface area (Å²) in [7, 11) is 0. The summed E-state index contributed by atoms with van der Waals surface area (Å²) in [4.78, 5) is 42.3. The number of rotatable bonds is 12. The minimum Gasteiger partial charge on any atom is -0.455 e. The summed E-state index contributed by atoms with van der Waals surface area (Å²) in [6.45, 7) is 1.34. The van der Waals surface area contributed by atoms with Crippen LogP contribution < -0.4 is 0 Å².